The molecule has 1 unspecified atom stereocenters. The predicted octanol–water partition coefficient (Wildman–Crippen LogP) is 4.18. The Labute approximate surface area is 180 Å². The first-order chi connectivity index (χ1) is 14.4. The van der Waals surface area contributed by atoms with E-state index in [1.165, 1.54) is 11.8 Å². The van der Waals surface area contributed by atoms with E-state index >= 15 is 0 Å². The van der Waals surface area contributed by atoms with E-state index in [1.807, 2.05) is 23.6 Å². The zero-order chi connectivity index (χ0) is 21.7. The zero-order valence-electron chi connectivity index (χ0n) is 17.7. The van der Waals surface area contributed by atoms with Crippen LogP contribution >= 0.6 is 11.8 Å². The fraction of sp³-hybridized carbons (Fsp3) is 0.381. The number of carbonyl (C=O) groups is 1. The van der Waals surface area contributed by atoms with Crippen LogP contribution in [0.2, 0.25) is 0 Å². The molecule has 3 rings (SSSR count). The molecule has 0 saturated heterocycles. The lowest BCUT2D eigenvalue weighted by atomic mass is 10.2. The third-order valence-corrected chi connectivity index (χ3v) is 5.54. The molecule has 1 N–H and O–H groups in total. The maximum atomic E-state index is 12.8. The Morgan fingerprint density at radius 1 is 1.17 bits per heavy atom. The number of ether oxygens (including phenoxy) is 2. The van der Waals surface area contributed by atoms with Crippen molar-refractivity contribution in [2.24, 2.45) is 0 Å². The Kier molecular flexibility index (Phi) is 7.04. The molecule has 0 spiro atoms. The second kappa shape index (κ2) is 9.71. The average molecular weight is 431 g/mol. The summed E-state index contributed by atoms with van der Waals surface area (Å²) in [4.78, 5) is 12.8. The predicted molar refractivity (Wildman–Crippen MR) is 115 cm³/mol. The smallest absolute Gasteiger partial charge is 0.237 e. The highest BCUT2D eigenvalue weighted by molar-refractivity contribution is 8.00. The van der Waals surface area contributed by atoms with E-state index in [0.29, 0.717) is 28.9 Å². The number of amides is 1. The number of nitrogens with zero attached hydrogens (tertiary/aromatic N) is 3. The van der Waals surface area contributed by atoms with E-state index < -0.39 is 5.25 Å². The molecule has 0 aliphatic rings. The van der Waals surface area contributed by atoms with E-state index in [0.717, 1.165) is 11.6 Å². The molecule has 30 heavy (non-hydrogen) atoms. The summed E-state index contributed by atoms with van der Waals surface area (Å²) in [5.41, 5.74) is 0.630. The van der Waals surface area contributed by atoms with Gasteiger partial charge in [-0.15, -0.1) is 10.2 Å². The summed E-state index contributed by atoms with van der Waals surface area (Å²) in [5.74, 6) is 2.85. The maximum absolute atomic E-state index is 12.8. The molecule has 1 aromatic carbocycles. The highest BCUT2D eigenvalue weighted by Crippen LogP contribution is 2.31. The molecule has 0 aliphatic heterocycles. The summed E-state index contributed by atoms with van der Waals surface area (Å²) in [6.45, 7) is 6.47. The van der Waals surface area contributed by atoms with Crippen LogP contribution in [0.25, 0.3) is 0 Å². The number of hydrogen-bond donors (Lipinski definition) is 1. The van der Waals surface area contributed by atoms with Crippen molar-refractivity contribution in [3.63, 3.8) is 0 Å². The number of nitrogens with one attached hydrogen (secondary N) is 1. The minimum Gasteiger partial charge on any atom is -0.493 e. The van der Waals surface area contributed by atoms with Crippen LogP contribution in [0.15, 0.2) is 46.2 Å². The van der Waals surface area contributed by atoms with Crippen LogP contribution in [-0.4, -0.2) is 40.1 Å². The van der Waals surface area contributed by atoms with E-state index in [1.54, 1.807) is 38.7 Å². The van der Waals surface area contributed by atoms with Crippen molar-refractivity contribution >= 4 is 23.4 Å². The molecule has 8 nitrogen and oxygen atoms in total. The molecule has 3 aromatic rings. The first-order valence-corrected chi connectivity index (χ1v) is 10.5. The minimum atomic E-state index is -0.391. The number of rotatable bonds is 9. The Morgan fingerprint density at radius 2 is 1.93 bits per heavy atom. The van der Waals surface area contributed by atoms with Crippen molar-refractivity contribution in [1.82, 2.24) is 14.8 Å². The van der Waals surface area contributed by atoms with E-state index in [4.69, 9.17) is 13.9 Å². The summed E-state index contributed by atoms with van der Waals surface area (Å²) in [6, 6.07) is 9.00. The SMILES string of the molecule is COc1ccc(NC(=O)C(C)Sc2nnc(C(C)C)n2Cc2ccco2)cc1OC. The second-order valence-corrected chi connectivity index (χ2v) is 8.29. The van der Waals surface area contributed by atoms with Gasteiger partial charge in [-0.3, -0.25) is 9.36 Å². The summed E-state index contributed by atoms with van der Waals surface area (Å²) in [6.07, 6.45) is 1.64. The quantitative estimate of drug-likeness (QED) is 0.509. The third-order valence-electron chi connectivity index (χ3n) is 4.46. The van der Waals surface area contributed by atoms with E-state index in [-0.39, 0.29) is 11.8 Å². The van der Waals surface area contributed by atoms with Gasteiger partial charge in [0.25, 0.3) is 0 Å². The molecule has 0 radical (unpaired) electrons. The molecule has 1 atom stereocenters. The standard InChI is InChI=1S/C21H26N4O4S/c1-13(2)19-23-24-21(25(19)12-16-7-6-10-29-16)30-14(3)20(26)22-15-8-9-17(27-4)18(11-15)28-5/h6-11,13-14H,12H2,1-5H3,(H,22,26). The van der Waals surface area contributed by atoms with Crippen LogP contribution in [0.3, 0.4) is 0 Å². The number of methoxy groups -OCH3 is 2. The van der Waals surface area contributed by atoms with Crippen molar-refractivity contribution in [3.05, 3.63) is 48.2 Å². The van der Waals surface area contributed by atoms with Gasteiger partial charge in [-0.05, 0) is 31.2 Å². The van der Waals surface area contributed by atoms with Crippen LogP contribution in [0.1, 0.15) is 38.3 Å². The topological polar surface area (TPSA) is 91.4 Å². The van der Waals surface area contributed by atoms with Gasteiger partial charge in [0.15, 0.2) is 16.7 Å². The van der Waals surface area contributed by atoms with Gasteiger partial charge in [-0.25, -0.2) is 0 Å². The number of hydrogen-bond acceptors (Lipinski definition) is 7. The normalized spacial score (nSPS) is 12.1. The minimum absolute atomic E-state index is 0.147. The fourth-order valence-corrected chi connectivity index (χ4v) is 3.75. The van der Waals surface area contributed by atoms with E-state index in [2.05, 4.69) is 29.4 Å². The third kappa shape index (κ3) is 4.96. The zero-order valence-corrected chi connectivity index (χ0v) is 18.5. The van der Waals surface area contributed by atoms with Crippen LogP contribution < -0.4 is 14.8 Å². The molecular weight excluding hydrogens is 404 g/mol. The first kappa shape index (κ1) is 21.8. The monoisotopic (exact) mass is 430 g/mol. The fourth-order valence-electron chi connectivity index (χ4n) is 2.89. The summed E-state index contributed by atoms with van der Waals surface area (Å²) in [5, 5.41) is 11.8. The van der Waals surface area contributed by atoms with E-state index in [9.17, 15) is 4.79 Å². The molecular formula is C21H26N4O4S. The van der Waals surface area contributed by atoms with Crippen LogP contribution in [0.4, 0.5) is 5.69 Å². The van der Waals surface area contributed by atoms with Crippen molar-refractivity contribution in [1.29, 1.82) is 0 Å². The Hall–Kier alpha value is -2.94. The van der Waals surface area contributed by atoms with Gasteiger partial charge >= 0.3 is 0 Å². The number of carbonyl (C=O) groups excluding carboxylic acids is 1. The first-order valence-electron chi connectivity index (χ1n) is 9.58. The Morgan fingerprint density at radius 3 is 2.57 bits per heavy atom. The number of aromatic nitrogens is 3. The van der Waals surface area contributed by atoms with Gasteiger partial charge in [0.1, 0.15) is 11.6 Å². The van der Waals surface area contributed by atoms with Gasteiger partial charge in [-0.1, -0.05) is 25.6 Å². The van der Waals surface area contributed by atoms with Crippen LogP contribution in [0.5, 0.6) is 11.5 Å². The lowest BCUT2D eigenvalue weighted by Gasteiger charge is -2.15. The molecule has 160 valence electrons. The molecule has 0 fully saturated rings. The molecule has 0 saturated carbocycles. The second-order valence-electron chi connectivity index (χ2n) is 6.98. The largest absolute Gasteiger partial charge is 0.493 e. The molecule has 2 heterocycles. The molecule has 9 heteroatoms. The molecule has 1 amide bonds. The van der Waals surface area contributed by atoms with Crippen molar-refractivity contribution < 1.29 is 18.7 Å². The number of furan rings is 1. The Bertz CT molecular complexity index is 985. The van der Waals surface area contributed by atoms with Gasteiger partial charge < -0.3 is 19.2 Å². The van der Waals surface area contributed by atoms with Crippen molar-refractivity contribution in [2.45, 2.75) is 43.6 Å². The average Bonchev–Trinajstić information content (AvgIpc) is 3.38. The molecule has 2 aromatic heterocycles. The number of thioether (sulfide) groups is 1. The number of anilines is 1. The highest BCUT2D eigenvalue weighted by Gasteiger charge is 2.22. The summed E-state index contributed by atoms with van der Waals surface area (Å²) < 4.78 is 18.0. The molecule has 0 aliphatic carbocycles. The highest BCUT2D eigenvalue weighted by atomic mass is 32.2. The van der Waals surface area contributed by atoms with Gasteiger partial charge in [-0.2, -0.15) is 0 Å². The van der Waals surface area contributed by atoms with Gasteiger partial charge in [0.2, 0.25) is 5.91 Å². The number of benzene rings is 1. The lowest BCUT2D eigenvalue weighted by molar-refractivity contribution is -0.115. The van der Waals surface area contributed by atoms with Gasteiger partial charge in [0, 0.05) is 17.7 Å². The summed E-state index contributed by atoms with van der Waals surface area (Å²) in [7, 11) is 3.12. The van der Waals surface area contributed by atoms with Crippen LogP contribution in [-0.2, 0) is 11.3 Å². The summed E-state index contributed by atoms with van der Waals surface area (Å²) >= 11 is 1.35. The van der Waals surface area contributed by atoms with Crippen molar-refractivity contribution in [2.75, 3.05) is 19.5 Å². The lowest BCUT2D eigenvalue weighted by Crippen LogP contribution is -2.23. The van der Waals surface area contributed by atoms with Gasteiger partial charge in [0.05, 0.1) is 32.3 Å². The van der Waals surface area contributed by atoms with Crippen LogP contribution in [0, 0.1) is 0 Å². The molecule has 0 bridgehead atoms. The maximum Gasteiger partial charge on any atom is 0.237 e. The Balaban J connectivity index is 1.74. The van der Waals surface area contributed by atoms with Crippen molar-refractivity contribution in [3.8, 4) is 11.5 Å².